The standard InChI is InChI=1S/C56H34N6O2/c1-3-15-41-37(13-1)39-33-35(59-45-17-5-9-21-51(45)63-52-22-10-6-18-46(52)59)25-27-43(39)61(41)49-29-30-50(56-55(49)57-31-32-58-56)62-42-16-4-2-14-38(42)40-34-36(26-28-44(40)62)60-47-19-7-11-23-53(47)64-54-24-12-8-20-48(54)60/h1-34H. The summed E-state index contributed by atoms with van der Waals surface area (Å²) in [7, 11) is 0. The lowest BCUT2D eigenvalue weighted by Gasteiger charge is -2.32. The van der Waals surface area contributed by atoms with Crippen LogP contribution in [0.15, 0.2) is 207 Å². The molecule has 8 nitrogen and oxygen atoms in total. The zero-order valence-corrected chi connectivity index (χ0v) is 34.1. The maximum atomic E-state index is 6.36. The van der Waals surface area contributed by atoms with Crippen molar-refractivity contribution in [3.63, 3.8) is 0 Å². The molecule has 0 fully saturated rings. The van der Waals surface area contributed by atoms with Gasteiger partial charge in [-0.05, 0) is 109 Å². The lowest BCUT2D eigenvalue weighted by Crippen LogP contribution is -2.15. The molecule has 0 atom stereocenters. The number of ether oxygens (including phenoxy) is 2. The van der Waals surface area contributed by atoms with Crippen molar-refractivity contribution >= 4 is 88.8 Å². The van der Waals surface area contributed by atoms with Crippen LogP contribution in [0.4, 0.5) is 34.1 Å². The SMILES string of the molecule is c1ccc2c(c1)Oc1ccccc1N2c1ccc2c(c1)c1ccccc1n2-c1ccc(-n2c3ccccc3c3cc(N4c5ccccc5Oc5ccccc54)ccc32)c2nccnc12. The van der Waals surface area contributed by atoms with Gasteiger partial charge in [-0.25, -0.2) is 0 Å². The van der Waals surface area contributed by atoms with E-state index >= 15 is 0 Å². The first kappa shape index (κ1) is 34.8. The van der Waals surface area contributed by atoms with E-state index in [1.807, 2.05) is 48.5 Å². The normalized spacial score (nSPS) is 12.9. The third-order valence-corrected chi connectivity index (χ3v) is 12.8. The Kier molecular flexibility index (Phi) is 7.23. The van der Waals surface area contributed by atoms with Gasteiger partial charge in [0.2, 0.25) is 0 Å². The number of anilines is 6. The quantitative estimate of drug-likeness (QED) is 0.176. The van der Waals surface area contributed by atoms with Gasteiger partial charge in [0.05, 0.1) is 56.2 Å². The molecule has 0 saturated heterocycles. The van der Waals surface area contributed by atoms with Crippen LogP contribution in [0.5, 0.6) is 23.0 Å². The van der Waals surface area contributed by atoms with Gasteiger partial charge in [-0.2, -0.15) is 0 Å². The number of aromatic nitrogens is 4. The Labute approximate surface area is 366 Å². The van der Waals surface area contributed by atoms with Crippen molar-refractivity contribution in [1.82, 2.24) is 19.1 Å². The second kappa shape index (κ2) is 13.3. The average Bonchev–Trinajstić information content (AvgIpc) is 3.86. The number of para-hydroxylation sites is 10. The molecule has 0 aliphatic carbocycles. The molecular weight excluding hydrogens is 789 g/mol. The molecule has 14 rings (SSSR count). The predicted molar refractivity (Wildman–Crippen MR) is 258 cm³/mol. The lowest BCUT2D eigenvalue weighted by atomic mass is 10.1. The maximum Gasteiger partial charge on any atom is 0.151 e. The fourth-order valence-corrected chi connectivity index (χ4v) is 10.1. The van der Waals surface area contributed by atoms with E-state index < -0.39 is 0 Å². The molecule has 0 amide bonds. The molecular formula is C56H34N6O2. The van der Waals surface area contributed by atoms with Crippen LogP contribution < -0.4 is 19.3 Å². The van der Waals surface area contributed by atoms with E-state index in [0.29, 0.717) is 0 Å². The smallest absolute Gasteiger partial charge is 0.151 e. The number of rotatable bonds is 4. The summed E-state index contributed by atoms with van der Waals surface area (Å²) in [5, 5.41) is 4.58. The van der Waals surface area contributed by atoms with Gasteiger partial charge in [-0.15, -0.1) is 0 Å². The Bertz CT molecular complexity index is 3560. The molecule has 0 spiro atoms. The summed E-state index contributed by atoms with van der Waals surface area (Å²) in [6.07, 6.45) is 3.59. The van der Waals surface area contributed by atoms with Crippen molar-refractivity contribution in [2.24, 2.45) is 0 Å². The molecule has 2 aliphatic rings. The third kappa shape index (κ3) is 4.93. The summed E-state index contributed by atoms with van der Waals surface area (Å²) >= 11 is 0. The first-order valence-electron chi connectivity index (χ1n) is 21.4. The third-order valence-electron chi connectivity index (χ3n) is 12.8. The zero-order chi connectivity index (χ0) is 41.9. The molecule has 3 aromatic heterocycles. The molecule has 0 saturated carbocycles. The summed E-state index contributed by atoms with van der Waals surface area (Å²) < 4.78 is 17.4. The second-order valence-corrected chi connectivity index (χ2v) is 16.2. The number of hydrogen-bond donors (Lipinski definition) is 0. The van der Waals surface area contributed by atoms with E-state index in [4.69, 9.17) is 19.4 Å². The van der Waals surface area contributed by atoms with Gasteiger partial charge >= 0.3 is 0 Å². The van der Waals surface area contributed by atoms with Crippen LogP contribution in [0.2, 0.25) is 0 Å². The van der Waals surface area contributed by atoms with Crippen LogP contribution >= 0.6 is 0 Å². The molecule has 5 heterocycles. The Balaban J connectivity index is 0.951. The summed E-state index contributed by atoms with van der Waals surface area (Å²) in [6, 6.07) is 68.0. The van der Waals surface area contributed by atoms with Crippen LogP contribution in [0.3, 0.4) is 0 Å². The monoisotopic (exact) mass is 822 g/mol. The highest BCUT2D eigenvalue weighted by Crippen LogP contribution is 2.53. The van der Waals surface area contributed by atoms with Crippen molar-refractivity contribution in [1.29, 1.82) is 0 Å². The van der Waals surface area contributed by atoms with Gasteiger partial charge in [0.25, 0.3) is 0 Å². The van der Waals surface area contributed by atoms with E-state index in [0.717, 1.165) is 123 Å². The number of hydrogen-bond acceptors (Lipinski definition) is 6. The minimum Gasteiger partial charge on any atom is -0.453 e. The number of nitrogens with zero attached hydrogens (tertiary/aromatic N) is 6. The molecule has 300 valence electrons. The van der Waals surface area contributed by atoms with E-state index in [1.165, 1.54) is 0 Å². The van der Waals surface area contributed by atoms with E-state index in [-0.39, 0.29) is 0 Å². The van der Waals surface area contributed by atoms with Crippen molar-refractivity contribution in [2.75, 3.05) is 9.80 Å². The summed E-state index contributed by atoms with van der Waals surface area (Å²) in [5.41, 5.74) is 14.0. The Hall–Kier alpha value is -8.88. The number of benzene rings is 9. The van der Waals surface area contributed by atoms with Crippen molar-refractivity contribution < 1.29 is 9.47 Å². The topological polar surface area (TPSA) is 60.6 Å². The van der Waals surface area contributed by atoms with E-state index in [2.05, 4.69) is 165 Å². The van der Waals surface area contributed by atoms with Crippen molar-refractivity contribution in [3.05, 3.63) is 207 Å². The van der Waals surface area contributed by atoms with Gasteiger partial charge < -0.3 is 28.4 Å². The highest BCUT2D eigenvalue weighted by molar-refractivity contribution is 6.14. The predicted octanol–water partition coefficient (Wildman–Crippen LogP) is 15.0. The molecule has 64 heavy (non-hydrogen) atoms. The minimum atomic E-state index is 0.812. The van der Waals surface area contributed by atoms with Gasteiger partial charge in [0.15, 0.2) is 23.0 Å². The first-order chi connectivity index (χ1) is 31.8. The minimum absolute atomic E-state index is 0.812. The van der Waals surface area contributed by atoms with Crippen LogP contribution in [0.25, 0.3) is 66.0 Å². The van der Waals surface area contributed by atoms with Crippen molar-refractivity contribution in [2.45, 2.75) is 0 Å². The molecule has 8 heteroatoms. The van der Waals surface area contributed by atoms with Crippen LogP contribution in [0, 0.1) is 0 Å². The summed E-state index contributed by atoms with van der Waals surface area (Å²) in [6.45, 7) is 0. The maximum absolute atomic E-state index is 6.36. The highest BCUT2D eigenvalue weighted by Gasteiger charge is 2.29. The van der Waals surface area contributed by atoms with Gasteiger partial charge in [-0.1, -0.05) is 84.9 Å². The zero-order valence-electron chi connectivity index (χ0n) is 34.1. The molecule has 2 aliphatic heterocycles. The van der Waals surface area contributed by atoms with Crippen molar-refractivity contribution in [3.8, 4) is 34.4 Å². The lowest BCUT2D eigenvalue weighted by molar-refractivity contribution is 0.477. The second-order valence-electron chi connectivity index (χ2n) is 16.2. The number of fused-ring (bicyclic) bond motifs is 11. The molecule has 9 aromatic carbocycles. The molecule has 0 bridgehead atoms. The average molecular weight is 823 g/mol. The largest absolute Gasteiger partial charge is 0.453 e. The Morgan fingerprint density at radius 1 is 0.297 bits per heavy atom. The molecule has 0 radical (unpaired) electrons. The molecule has 0 N–H and O–H groups in total. The van der Waals surface area contributed by atoms with Gasteiger partial charge in [0, 0.05) is 45.3 Å². The van der Waals surface area contributed by atoms with E-state index in [9.17, 15) is 0 Å². The van der Waals surface area contributed by atoms with Crippen LogP contribution in [-0.2, 0) is 0 Å². The highest BCUT2D eigenvalue weighted by atomic mass is 16.5. The van der Waals surface area contributed by atoms with Crippen LogP contribution in [0.1, 0.15) is 0 Å². The summed E-state index contributed by atoms with van der Waals surface area (Å²) in [5.74, 6) is 3.30. The molecule has 12 aromatic rings. The van der Waals surface area contributed by atoms with Crippen LogP contribution in [-0.4, -0.2) is 19.1 Å². The fraction of sp³-hybridized carbons (Fsp3) is 0. The van der Waals surface area contributed by atoms with Gasteiger partial charge in [-0.3, -0.25) is 9.97 Å². The summed E-state index contributed by atoms with van der Waals surface area (Å²) in [4.78, 5) is 14.8. The first-order valence-corrected chi connectivity index (χ1v) is 21.4. The molecule has 0 unspecified atom stereocenters. The fourth-order valence-electron chi connectivity index (χ4n) is 10.1. The van der Waals surface area contributed by atoms with E-state index in [1.54, 1.807) is 12.4 Å². The van der Waals surface area contributed by atoms with Gasteiger partial charge in [0.1, 0.15) is 11.0 Å². The Morgan fingerprint density at radius 3 is 1.05 bits per heavy atom. The Morgan fingerprint density at radius 2 is 0.641 bits per heavy atom.